The summed E-state index contributed by atoms with van der Waals surface area (Å²) in [5.41, 5.74) is 10.8. The van der Waals surface area contributed by atoms with Crippen LogP contribution in [0.3, 0.4) is 0 Å². The number of allylic oxidation sites excluding steroid dienone is 8. The van der Waals surface area contributed by atoms with Crippen molar-refractivity contribution in [3.8, 4) is 5.69 Å². The zero-order valence-corrected chi connectivity index (χ0v) is 34.9. The third-order valence-electron chi connectivity index (χ3n) is 13.6. The molecule has 0 N–H and O–H groups in total. The normalized spacial score (nSPS) is 18.2. The molecule has 5 heteroatoms. The molecule has 4 nitrogen and oxygen atoms in total. The second kappa shape index (κ2) is 14.4. The van der Waals surface area contributed by atoms with Gasteiger partial charge in [-0.05, 0) is 18.2 Å². The number of aliphatic imine (C=N–C) groups is 2. The quantitative estimate of drug-likeness (QED) is 0.122. The summed E-state index contributed by atoms with van der Waals surface area (Å²) in [5, 5.41) is 8.06. The average molecular weight is 800 g/mol. The average Bonchev–Trinajstić information content (AvgIpc) is 3.84. The topological polar surface area (TPSA) is 32.9 Å². The van der Waals surface area contributed by atoms with Gasteiger partial charge >= 0.3 is 298 Å². The monoisotopic (exact) mass is 799 g/mol. The zero-order valence-electron chi connectivity index (χ0n) is 33.7. The van der Waals surface area contributed by atoms with Crippen LogP contribution < -0.4 is 25.6 Å². The summed E-state index contributed by atoms with van der Waals surface area (Å²) in [6.45, 7) is 0.669. The van der Waals surface area contributed by atoms with E-state index in [1.54, 1.807) is 0 Å². The van der Waals surface area contributed by atoms with Crippen molar-refractivity contribution in [2.24, 2.45) is 15.9 Å². The molecule has 7 aromatic carbocycles. The SMILES string of the molecule is C1=CC2=CC=C3C(c4cc5c6ccccc6n(-c6ccccc6)c5cc4N3C3=NCCC(c4cccc([SiH-](c5ccccc5)(c5ccccc5)c5ccccc5)c4)=N3)C2C=C1. The second-order valence-electron chi connectivity index (χ2n) is 16.7. The molecule has 0 radical (unpaired) electrons. The third kappa shape index (κ3) is 5.58. The summed E-state index contributed by atoms with van der Waals surface area (Å²) in [5.74, 6) is 1.13. The Labute approximate surface area is 357 Å². The number of benzene rings is 7. The van der Waals surface area contributed by atoms with Gasteiger partial charge in [0.1, 0.15) is 0 Å². The first kappa shape index (κ1) is 35.6. The molecule has 0 saturated carbocycles. The summed E-state index contributed by atoms with van der Waals surface area (Å²) >= 11 is 0. The van der Waals surface area contributed by atoms with Crippen molar-refractivity contribution in [2.45, 2.75) is 12.3 Å². The Hall–Kier alpha value is -7.34. The predicted octanol–water partition coefficient (Wildman–Crippen LogP) is 9.61. The fraction of sp³-hybridized carbons (Fsp3) is 0.0714. The summed E-state index contributed by atoms with van der Waals surface area (Å²) in [4.78, 5) is 13.2. The Kier molecular flexibility index (Phi) is 8.42. The summed E-state index contributed by atoms with van der Waals surface area (Å²) in [7, 11) is -3.16. The minimum absolute atomic E-state index is 0.140. The molecular formula is C56H43N4Si-. The maximum atomic E-state index is 5.58. The van der Waals surface area contributed by atoms with Crippen LogP contribution in [0.1, 0.15) is 23.5 Å². The van der Waals surface area contributed by atoms with Crippen LogP contribution in [0.15, 0.2) is 240 Å². The first-order valence-electron chi connectivity index (χ1n) is 21.5. The fourth-order valence-electron chi connectivity index (χ4n) is 10.9. The molecule has 0 bridgehead atoms. The van der Waals surface area contributed by atoms with E-state index in [1.807, 2.05) is 0 Å². The molecule has 2 aliphatic heterocycles. The molecule has 3 heterocycles. The van der Waals surface area contributed by atoms with Crippen LogP contribution in [0.2, 0.25) is 0 Å². The van der Waals surface area contributed by atoms with Gasteiger partial charge < -0.3 is 0 Å². The number of guanidine groups is 1. The molecular weight excluding hydrogens is 757 g/mol. The molecule has 12 rings (SSSR count). The molecule has 61 heavy (non-hydrogen) atoms. The van der Waals surface area contributed by atoms with E-state index in [1.165, 1.54) is 59.4 Å². The van der Waals surface area contributed by atoms with E-state index in [9.17, 15) is 0 Å². The Bertz CT molecular complexity index is 3090. The van der Waals surface area contributed by atoms with Gasteiger partial charge in [0.25, 0.3) is 0 Å². The van der Waals surface area contributed by atoms with E-state index in [-0.39, 0.29) is 11.8 Å². The number of anilines is 1. The van der Waals surface area contributed by atoms with Crippen LogP contribution in [0.25, 0.3) is 27.5 Å². The Balaban J connectivity index is 1.04. The molecule has 4 aliphatic rings. The van der Waals surface area contributed by atoms with Crippen LogP contribution in [-0.2, 0) is 0 Å². The first-order valence-corrected chi connectivity index (χ1v) is 23.8. The molecule has 2 unspecified atom stereocenters. The number of fused-ring (bicyclic) bond motifs is 8. The van der Waals surface area contributed by atoms with Crippen LogP contribution in [-0.4, -0.2) is 30.9 Å². The molecule has 0 saturated heterocycles. The van der Waals surface area contributed by atoms with Crippen molar-refractivity contribution in [2.75, 3.05) is 11.4 Å². The van der Waals surface area contributed by atoms with E-state index in [2.05, 4.69) is 228 Å². The van der Waals surface area contributed by atoms with Crippen molar-refractivity contribution < 1.29 is 0 Å². The molecule has 0 amide bonds. The number of para-hydroxylation sites is 2. The molecule has 0 spiro atoms. The molecule has 8 aromatic rings. The van der Waals surface area contributed by atoms with Crippen molar-refractivity contribution >= 4 is 68.0 Å². The van der Waals surface area contributed by atoms with Crippen molar-refractivity contribution in [1.82, 2.24) is 4.57 Å². The maximum absolute atomic E-state index is 5.58. The van der Waals surface area contributed by atoms with E-state index < -0.39 is 8.07 Å². The van der Waals surface area contributed by atoms with Gasteiger partial charge in [0.15, 0.2) is 0 Å². The molecule has 1 aromatic heterocycles. The number of hydrogen-bond acceptors (Lipinski definition) is 3. The number of nitrogens with zero attached hydrogens (tertiary/aromatic N) is 4. The summed E-state index contributed by atoms with van der Waals surface area (Å²) in [6, 6.07) is 67.3. The summed E-state index contributed by atoms with van der Waals surface area (Å²) < 4.78 is 2.42. The van der Waals surface area contributed by atoms with Crippen molar-refractivity contribution in [1.29, 1.82) is 0 Å². The number of rotatable bonds is 6. The number of hydrogen-bond donors (Lipinski definition) is 0. The van der Waals surface area contributed by atoms with Gasteiger partial charge in [0.2, 0.25) is 0 Å². The van der Waals surface area contributed by atoms with Gasteiger partial charge in [-0.2, -0.15) is 0 Å². The molecule has 0 fully saturated rings. The van der Waals surface area contributed by atoms with Gasteiger partial charge in [-0.15, -0.1) is 0 Å². The zero-order chi connectivity index (χ0) is 40.3. The first-order chi connectivity index (χ1) is 30.3. The van der Waals surface area contributed by atoms with Gasteiger partial charge in [0.05, 0.1) is 0 Å². The standard InChI is InChI=1S/C56H43N4Si/c1-5-20-41(21-6-1)59-51-31-16-15-30-47(51)48-37-49-54(38-53(48)59)60(52-33-32-39-18-13-14-29-46(39)55(49)52)56-57-35-34-50(58-56)40-19-17-28-45(36-40)61(42-22-7-2-8-23-42,43-24-9-3-10-25-43)44-26-11-4-12-27-44/h1-33,36-38,46,55,61H,34-35H2/q-1. The van der Waals surface area contributed by atoms with E-state index in [0.717, 1.165) is 35.0 Å². The minimum atomic E-state index is -3.16. The Morgan fingerprint density at radius 3 is 1.93 bits per heavy atom. The van der Waals surface area contributed by atoms with Crippen LogP contribution in [0.5, 0.6) is 0 Å². The van der Waals surface area contributed by atoms with E-state index in [4.69, 9.17) is 9.98 Å². The van der Waals surface area contributed by atoms with Crippen LogP contribution >= 0.6 is 0 Å². The van der Waals surface area contributed by atoms with Gasteiger partial charge in [0, 0.05) is 0 Å². The fourth-order valence-corrected chi connectivity index (χ4v) is 16.5. The second-order valence-corrected chi connectivity index (χ2v) is 21.1. The Morgan fingerprint density at radius 1 is 0.557 bits per heavy atom. The van der Waals surface area contributed by atoms with Gasteiger partial charge in [-0.25, -0.2) is 0 Å². The summed E-state index contributed by atoms with van der Waals surface area (Å²) in [6.07, 6.45) is 14.4. The molecule has 292 valence electrons. The van der Waals surface area contributed by atoms with Gasteiger partial charge in [-0.3, -0.25) is 0 Å². The van der Waals surface area contributed by atoms with Crippen LogP contribution in [0, 0.1) is 5.92 Å². The predicted molar refractivity (Wildman–Crippen MR) is 259 cm³/mol. The Morgan fingerprint density at radius 2 is 1.21 bits per heavy atom. The molecule has 2 atom stereocenters. The van der Waals surface area contributed by atoms with Crippen molar-refractivity contribution in [3.63, 3.8) is 0 Å². The van der Waals surface area contributed by atoms with Gasteiger partial charge in [-0.1, -0.05) is 42.5 Å². The van der Waals surface area contributed by atoms with E-state index >= 15 is 0 Å². The number of aromatic nitrogens is 1. The molecule has 2 aliphatic carbocycles. The third-order valence-corrected chi connectivity index (χ3v) is 19.1. The van der Waals surface area contributed by atoms with Crippen LogP contribution in [0.4, 0.5) is 5.69 Å². The van der Waals surface area contributed by atoms with Crippen molar-refractivity contribution in [3.05, 3.63) is 241 Å². The van der Waals surface area contributed by atoms with E-state index in [0.29, 0.717) is 6.54 Å².